The van der Waals surface area contributed by atoms with E-state index in [2.05, 4.69) is 50.1 Å². The van der Waals surface area contributed by atoms with Crippen molar-refractivity contribution >= 4 is 0 Å². The summed E-state index contributed by atoms with van der Waals surface area (Å²) < 4.78 is 0. The van der Waals surface area contributed by atoms with Crippen molar-refractivity contribution in [2.45, 2.75) is 38.1 Å². The van der Waals surface area contributed by atoms with Crippen molar-refractivity contribution in [1.82, 2.24) is 4.90 Å². The molecule has 2 heteroatoms. The summed E-state index contributed by atoms with van der Waals surface area (Å²) in [5.74, 6) is 0.693. The fraction of sp³-hybridized carbons (Fsp3) is 0.600. The molecule has 0 radical (unpaired) electrons. The van der Waals surface area contributed by atoms with E-state index in [0.717, 1.165) is 6.42 Å². The maximum absolute atomic E-state index is 6.15. The Balaban J connectivity index is 2.22. The molecule has 17 heavy (non-hydrogen) atoms. The second-order valence-corrected chi connectivity index (χ2v) is 6.11. The summed E-state index contributed by atoms with van der Waals surface area (Å²) in [6.45, 7) is 6.60. The van der Waals surface area contributed by atoms with Gasteiger partial charge in [0.1, 0.15) is 0 Å². The van der Waals surface area contributed by atoms with Crippen LogP contribution < -0.4 is 5.73 Å². The first kappa shape index (κ1) is 12.6. The Labute approximate surface area is 105 Å². The van der Waals surface area contributed by atoms with E-state index in [4.69, 9.17) is 5.73 Å². The molecule has 2 rings (SSSR count). The average Bonchev–Trinajstić information content (AvgIpc) is 2.63. The van der Waals surface area contributed by atoms with Gasteiger partial charge in [-0.1, -0.05) is 24.3 Å². The molecule has 1 heterocycles. The molecule has 0 saturated carbocycles. The summed E-state index contributed by atoms with van der Waals surface area (Å²) in [6.07, 6.45) is 2.24. The number of nitrogens with two attached hydrogens (primary N) is 1. The predicted molar refractivity (Wildman–Crippen MR) is 73.3 cm³/mol. The number of likely N-dealkylation sites (tertiary alicyclic amines) is 1. The summed E-state index contributed by atoms with van der Waals surface area (Å²) >= 11 is 0. The molecule has 1 aromatic rings. The van der Waals surface area contributed by atoms with Crippen LogP contribution >= 0.6 is 0 Å². The SMILES string of the molecule is CN1CCC(c2ccccc2CC(C)(C)N)C1. The number of likely N-dealkylation sites (N-methyl/N-ethyl adjacent to an activating group) is 1. The van der Waals surface area contributed by atoms with Gasteiger partial charge in [-0.3, -0.25) is 0 Å². The number of hydrogen-bond acceptors (Lipinski definition) is 2. The molecule has 2 N–H and O–H groups in total. The lowest BCUT2D eigenvalue weighted by molar-refractivity contribution is 0.411. The van der Waals surface area contributed by atoms with Crippen molar-refractivity contribution in [2.75, 3.05) is 20.1 Å². The lowest BCUT2D eigenvalue weighted by Gasteiger charge is -2.22. The smallest absolute Gasteiger partial charge is 0.0138 e. The first-order valence-electron chi connectivity index (χ1n) is 6.51. The predicted octanol–water partition coefficient (Wildman–Crippen LogP) is 2.39. The van der Waals surface area contributed by atoms with E-state index in [-0.39, 0.29) is 5.54 Å². The van der Waals surface area contributed by atoms with Crippen molar-refractivity contribution < 1.29 is 0 Å². The van der Waals surface area contributed by atoms with Crippen molar-refractivity contribution in [1.29, 1.82) is 0 Å². The minimum Gasteiger partial charge on any atom is -0.325 e. The van der Waals surface area contributed by atoms with Gasteiger partial charge >= 0.3 is 0 Å². The van der Waals surface area contributed by atoms with Gasteiger partial charge < -0.3 is 10.6 Å². The topological polar surface area (TPSA) is 29.3 Å². The summed E-state index contributed by atoms with van der Waals surface area (Å²) in [5.41, 5.74) is 8.97. The van der Waals surface area contributed by atoms with Gasteiger partial charge in [0.15, 0.2) is 0 Å². The van der Waals surface area contributed by atoms with Gasteiger partial charge in [-0.15, -0.1) is 0 Å². The molecular formula is C15H24N2. The van der Waals surface area contributed by atoms with E-state index < -0.39 is 0 Å². The molecule has 0 bridgehead atoms. The summed E-state index contributed by atoms with van der Waals surface area (Å²) in [6, 6.07) is 8.80. The Morgan fingerprint density at radius 2 is 2.06 bits per heavy atom. The molecule has 1 aromatic carbocycles. The molecule has 0 amide bonds. The van der Waals surface area contributed by atoms with Crippen LogP contribution in [-0.2, 0) is 6.42 Å². The summed E-state index contributed by atoms with van der Waals surface area (Å²) in [7, 11) is 2.20. The van der Waals surface area contributed by atoms with E-state index in [1.165, 1.54) is 30.6 Å². The second-order valence-electron chi connectivity index (χ2n) is 6.11. The lowest BCUT2D eigenvalue weighted by Crippen LogP contribution is -2.34. The van der Waals surface area contributed by atoms with Crippen molar-refractivity contribution in [3.63, 3.8) is 0 Å². The van der Waals surface area contributed by atoms with Gasteiger partial charge in [0.05, 0.1) is 0 Å². The van der Waals surface area contributed by atoms with Crippen LogP contribution in [0.1, 0.15) is 37.3 Å². The third kappa shape index (κ3) is 3.30. The van der Waals surface area contributed by atoms with Crippen LogP contribution in [0.3, 0.4) is 0 Å². The average molecular weight is 232 g/mol. The van der Waals surface area contributed by atoms with Crippen LogP contribution in [0.2, 0.25) is 0 Å². The molecule has 2 nitrogen and oxygen atoms in total. The Morgan fingerprint density at radius 3 is 2.65 bits per heavy atom. The Bertz CT molecular complexity index is 379. The molecule has 1 saturated heterocycles. The van der Waals surface area contributed by atoms with Crippen LogP contribution in [0.4, 0.5) is 0 Å². The van der Waals surface area contributed by atoms with E-state index in [9.17, 15) is 0 Å². The molecule has 1 fully saturated rings. The molecule has 1 unspecified atom stereocenters. The number of hydrogen-bond donors (Lipinski definition) is 1. The van der Waals surface area contributed by atoms with Gasteiger partial charge in [-0.2, -0.15) is 0 Å². The van der Waals surface area contributed by atoms with Gasteiger partial charge in [0.25, 0.3) is 0 Å². The number of nitrogens with zero attached hydrogens (tertiary/aromatic N) is 1. The molecular weight excluding hydrogens is 208 g/mol. The fourth-order valence-corrected chi connectivity index (χ4v) is 2.77. The van der Waals surface area contributed by atoms with Crippen molar-refractivity contribution in [3.8, 4) is 0 Å². The zero-order valence-corrected chi connectivity index (χ0v) is 11.2. The zero-order valence-electron chi connectivity index (χ0n) is 11.2. The molecule has 0 spiro atoms. The Hall–Kier alpha value is -0.860. The lowest BCUT2D eigenvalue weighted by atomic mass is 9.87. The van der Waals surface area contributed by atoms with Gasteiger partial charge in [-0.25, -0.2) is 0 Å². The van der Waals surface area contributed by atoms with Crippen molar-refractivity contribution in [3.05, 3.63) is 35.4 Å². The molecule has 0 aliphatic carbocycles. The highest BCUT2D eigenvalue weighted by atomic mass is 15.1. The molecule has 1 atom stereocenters. The Morgan fingerprint density at radius 1 is 1.35 bits per heavy atom. The van der Waals surface area contributed by atoms with Crippen LogP contribution in [0.5, 0.6) is 0 Å². The van der Waals surface area contributed by atoms with E-state index in [1.54, 1.807) is 0 Å². The zero-order chi connectivity index (χ0) is 12.5. The van der Waals surface area contributed by atoms with Crippen LogP contribution in [0.15, 0.2) is 24.3 Å². The van der Waals surface area contributed by atoms with Gasteiger partial charge in [0, 0.05) is 12.1 Å². The third-order valence-electron chi connectivity index (χ3n) is 3.53. The first-order chi connectivity index (χ1) is 7.96. The maximum Gasteiger partial charge on any atom is 0.0138 e. The third-order valence-corrected chi connectivity index (χ3v) is 3.53. The summed E-state index contributed by atoms with van der Waals surface area (Å²) in [5, 5.41) is 0. The minimum atomic E-state index is -0.124. The Kier molecular flexibility index (Phi) is 3.55. The minimum absolute atomic E-state index is 0.124. The van der Waals surface area contributed by atoms with Crippen LogP contribution in [-0.4, -0.2) is 30.6 Å². The van der Waals surface area contributed by atoms with E-state index in [1.807, 2.05) is 0 Å². The van der Waals surface area contributed by atoms with Crippen LogP contribution in [0.25, 0.3) is 0 Å². The largest absolute Gasteiger partial charge is 0.325 e. The van der Waals surface area contributed by atoms with Gasteiger partial charge in [0.2, 0.25) is 0 Å². The standard InChI is InChI=1S/C15H24N2/c1-15(2,16)10-12-6-4-5-7-14(12)13-8-9-17(3)11-13/h4-7,13H,8-11,16H2,1-3H3. The highest BCUT2D eigenvalue weighted by molar-refractivity contribution is 5.32. The fourth-order valence-electron chi connectivity index (χ4n) is 2.77. The quantitative estimate of drug-likeness (QED) is 0.867. The second kappa shape index (κ2) is 4.79. The van der Waals surface area contributed by atoms with E-state index >= 15 is 0 Å². The molecule has 1 aliphatic heterocycles. The van der Waals surface area contributed by atoms with Gasteiger partial charge in [-0.05, 0) is 57.3 Å². The maximum atomic E-state index is 6.15. The normalized spacial score (nSPS) is 22.0. The highest BCUT2D eigenvalue weighted by Crippen LogP contribution is 2.30. The molecule has 1 aliphatic rings. The summed E-state index contributed by atoms with van der Waals surface area (Å²) in [4.78, 5) is 2.41. The van der Waals surface area contributed by atoms with Crippen LogP contribution in [0, 0.1) is 0 Å². The van der Waals surface area contributed by atoms with Crippen molar-refractivity contribution in [2.24, 2.45) is 5.73 Å². The number of rotatable bonds is 3. The molecule has 0 aromatic heterocycles. The highest BCUT2D eigenvalue weighted by Gasteiger charge is 2.24. The molecule has 94 valence electrons. The monoisotopic (exact) mass is 232 g/mol. The van der Waals surface area contributed by atoms with E-state index in [0.29, 0.717) is 5.92 Å². The number of benzene rings is 1. The first-order valence-corrected chi connectivity index (χ1v) is 6.51.